The maximum Gasteiger partial charge on any atom is 0.166 e. The second-order valence-electron chi connectivity index (χ2n) is 6.86. The van der Waals surface area contributed by atoms with Crippen LogP contribution in [0.25, 0.3) is 22.5 Å². The molecule has 0 aliphatic carbocycles. The third kappa shape index (κ3) is 5.09. The number of rotatable bonds is 8. The quantitative estimate of drug-likeness (QED) is 0.267. The standard InChI is InChI=1S/C25H24N2OS/c1-19-13-15-22(16-14-19)28-17-8-18-29-25-26-23(20-9-4-2-5-10-20)24(27-25)21-11-6-3-7-12-21/h2-7,9-16H,8,17-18H2,1H3,(H,26,27). The van der Waals surface area contributed by atoms with Crippen molar-refractivity contribution in [2.75, 3.05) is 12.4 Å². The van der Waals surface area contributed by atoms with Gasteiger partial charge in [-0.3, -0.25) is 0 Å². The van der Waals surface area contributed by atoms with Crippen LogP contribution >= 0.6 is 11.8 Å². The molecule has 4 heteroatoms. The Morgan fingerprint density at radius 2 is 1.48 bits per heavy atom. The molecule has 4 aromatic rings. The molecule has 0 aliphatic heterocycles. The largest absolute Gasteiger partial charge is 0.494 e. The second kappa shape index (κ2) is 9.48. The number of nitrogens with zero attached hydrogens (tertiary/aromatic N) is 1. The summed E-state index contributed by atoms with van der Waals surface area (Å²) >= 11 is 1.74. The SMILES string of the molecule is Cc1ccc(OCCCSc2nc(-c3ccccc3)c(-c3ccccc3)[nH]2)cc1. The van der Waals surface area contributed by atoms with Crippen molar-refractivity contribution < 1.29 is 4.74 Å². The van der Waals surface area contributed by atoms with Crippen molar-refractivity contribution in [1.29, 1.82) is 0 Å². The molecule has 0 bridgehead atoms. The summed E-state index contributed by atoms with van der Waals surface area (Å²) in [4.78, 5) is 8.41. The Bertz CT molecular complexity index is 971. The third-order valence-electron chi connectivity index (χ3n) is 4.61. The fraction of sp³-hybridized carbons (Fsp3) is 0.160. The van der Waals surface area contributed by atoms with Crippen LogP contribution in [0.5, 0.6) is 5.75 Å². The number of imidazole rings is 1. The van der Waals surface area contributed by atoms with Crippen LogP contribution < -0.4 is 4.74 Å². The number of aromatic nitrogens is 2. The molecule has 3 aromatic carbocycles. The predicted octanol–water partition coefficient (Wildman–Crippen LogP) is 6.61. The average molecular weight is 401 g/mol. The highest BCUT2D eigenvalue weighted by atomic mass is 32.2. The molecule has 0 saturated carbocycles. The van der Waals surface area contributed by atoms with E-state index in [0.717, 1.165) is 45.6 Å². The predicted molar refractivity (Wildman–Crippen MR) is 121 cm³/mol. The van der Waals surface area contributed by atoms with Gasteiger partial charge in [-0.25, -0.2) is 4.98 Å². The maximum atomic E-state index is 5.82. The lowest BCUT2D eigenvalue weighted by atomic mass is 10.1. The van der Waals surface area contributed by atoms with E-state index in [2.05, 4.69) is 60.4 Å². The van der Waals surface area contributed by atoms with Gasteiger partial charge in [0, 0.05) is 16.9 Å². The van der Waals surface area contributed by atoms with Gasteiger partial charge in [-0.1, -0.05) is 90.1 Å². The Kier molecular flexibility index (Phi) is 6.32. The zero-order valence-corrected chi connectivity index (χ0v) is 17.3. The summed E-state index contributed by atoms with van der Waals surface area (Å²) in [5, 5.41) is 0.943. The maximum absolute atomic E-state index is 5.82. The van der Waals surface area contributed by atoms with E-state index in [0.29, 0.717) is 6.61 Å². The van der Waals surface area contributed by atoms with E-state index in [1.807, 2.05) is 36.4 Å². The minimum Gasteiger partial charge on any atom is -0.494 e. The van der Waals surface area contributed by atoms with Gasteiger partial charge in [-0.2, -0.15) is 0 Å². The molecule has 0 fully saturated rings. The molecular weight excluding hydrogens is 376 g/mol. The van der Waals surface area contributed by atoms with E-state index in [9.17, 15) is 0 Å². The molecule has 0 atom stereocenters. The Labute approximate surface area is 176 Å². The number of thioether (sulfide) groups is 1. The normalized spacial score (nSPS) is 10.8. The highest BCUT2D eigenvalue weighted by molar-refractivity contribution is 7.99. The van der Waals surface area contributed by atoms with Gasteiger partial charge in [0.25, 0.3) is 0 Å². The van der Waals surface area contributed by atoms with Gasteiger partial charge in [-0.15, -0.1) is 0 Å². The smallest absolute Gasteiger partial charge is 0.166 e. The molecule has 0 radical (unpaired) electrons. The van der Waals surface area contributed by atoms with Crippen LogP contribution in [-0.4, -0.2) is 22.3 Å². The summed E-state index contributed by atoms with van der Waals surface area (Å²) in [5.74, 6) is 1.87. The first-order chi connectivity index (χ1) is 14.3. The van der Waals surface area contributed by atoms with Gasteiger partial charge in [-0.05, 0) is 25.5 Å². The van der Waals surface area contributed by atoms with Crippen LogP contribution in [0.15, 0.2) is 90.1 Å². The minimum atomic E-state index is 0.702. The van der Waals surface area contributed by atoms with Gasteiger partial charge in [0.15, 0.2) is 5.16 Å². The van der Waals surface area contributed by atoms with Crippen LogP contribution in [0.3, 0.4) is 0 Å². The Balaban J connectivity index is 1.41. The summed E-state index contributed by atoms with van der Waals surface area (Å²) in [6.45, 7) is 2.78. The highest BCUT2D eigenvalue weighted by Crippen LogP contribution is 2.32. The number of benzene rings is 3. The summed E-state index contributed by atoms with van der Waals surface area (Å²) in [6.07, 6.45) is 0.959. The fourth-order valence-corrected chi connectivity index (χ4v) is 3.88. The monoisotopic (exact) mass is 400 g/mol. The lowest BCUT2D eigenvalue weighted by molar-refractivity contribution is 0.318. The van der Waals surface area contributed by atoms with E-state index >= 15 is 0 Å². The van der Waals surface area contributed by atoms with Gasteiger partial charge in [0.2, 0.25) is 0 Å². The molecule has 0 spiro atoms. The second-order valence-corrected chi connectivity index (χ2v) is 7.94. The number of hydrogen-bond acceptors (Lipinski definition) is 3. The molecule has 3 nitrogen and oxygen atoms in total. The molecular formula is C25H24N2OS. The molecule has 0 unspecified atom stereocenters. The van der Waals surface area contributed by atoms with E-state index in [1.54, 1.807) is 11.8 Å². The van der Waals surface area contributed by atoms with Crippen LogP contribution in [0.1, 0.15) is 12.0 Å². The number of aromatic amines is 1. The summed E-state index contributed by atoms with van der Waals surface area (Å²) < 4.78 is 5.82. The first-order valence-corrected chi connectivity index (χ1v) is 10.8. The van der Waals surface area contributed by atoms with Gasteiger partial charge >= 0.3 is 0 Å². The van der Waals surface area contributed by atoms with Crippen LogP contribution in [0, 0.1) is 6.92 Å². The number of aryl methyl sites for hydroxylation is 1. The topological polar surface area (TPSA) is 37.9 Å². The molecule has 146 valence electrons. The Hall–Kier alpha value is -2.98. The molecule has 29 heavy (non-hydrogen) atoms. The number of nitrogens with one attached hydrogen (secondary N) is 1. The van der Waals surface area contributed by atoms with E-state index in [-0.39, 0.29) is 0 Å². The van der Waals surface area contributed by atoms with Crippen LogP contribution in [0.4, 0.5) is 0 Å². The molecule has 0 aliphatic rings. The van der Waals surface area contributed by atoms with Gasteiger partial charge in [0.1, 0.15) is 5.75 Å². The van der Waals surface area contributed by atoms with Crippen molar-refractivity contribution in [3.8, 4) is 28.3 Å². The first-order valence-electron chi connectivity index (χ1n) is 9.83. The molecule has 1 heterocycles. The fourth-order valence-electron chi connectivity index (χ4n) is 3.09. The molecule has 0 amide bonds. The lowest BCUT2D eigenvalue weighted by Crippen LogP contribution is -1.98. The zero-order valence-electron chi connectivity index (χ0n) is 16.5. The Morgan fingerprint density at radius 3 is 2.17 bits per heavy atom. The van der Waals surface area contributed by atoms with Crippen LogP contribution in [0.2, 0.25) is 0 Å². The number of hydrogen-bond donors (Lipinski definition) is 1. The van der Waals surface area contributed by atoms with Crippen molar-refractivity contribution >= 4 is 11.8 Å². The van der Waals surface area contributed by atoms with Crippen molar-refractivity contribution in [1.82, 2.24) is 9.97 Å². The van der Waals surface area contributed by atoms with Crippen molar-refractivity contribution in [3.63, 3.8) is 0 Å². The summed E-state index contributed by atoms with van der Waals surface area (Å²) in [6, 6.07) is 28.9. The minimum absolute atomic E-state index is 0.702. The van der Waals surface area contributed by atoms with E-state index in [1.165, 1.54) is 5.56 Å². The summed E-state index contributed by atoms with van der Waals surface area (Å²) in [7, 11) is 0. The third-order valence-corrected chi connectivity index (χ3v) is 5.57. The molecule has 4 rings (SSSR count). The average Bonchev–Trinajstić information content (AvgIpc) is 3.20. The number of H-pyrrole nitrogens is 1. The zero-order chi connectivity index (χ0) is 19.9. The van der Waals surface area contributed by atoms with Gasteiger partial charge < -0.3 is 9.72 Å². The highest BCUT2D eigenvalue weighted by Gasteiger charge is 2.14. The van der Waals surface area contributed by atoms with Crippen molar-refractivity contribution in [3.05, 3.63) is 90.5 Å². The van der Waals surface area contributed by atoms with E-state index in [4.69, 9.17) is 9.72 Å². The van der Waals surface area contributed by atoms with Crippen molar-refractivity contribution in [2.45, 2.75) is 18.5 Å². The molecule has 1 N–H and O–H groups in total. The van der Waals surface area contributed by atoms with Crippen LogP contribution in [-0.2, 0) is 0 Å². The van der Waals surface area contributed by atoms with Gasteiger partial charge in [0.05, 0.1) is 18.0 Å². The first kappa shape index (κ1) is 19.3. The summed E-state index contributed by atoms with van der Waals surface area (Å²) in [5.41, 5.74) is 5.57. The number of ether oxygens (including phenoxy) is 1. The lowest BCUT2D eigenvalue weighted by Gasteiger charge is -2.05. The van der Waals surface area contributed by atoms with Crippen molar-refractivity contribution in [2.24, 2.45) is 0 Å². The molecule has 1 aromatic heterocycles. The Morgan fingerprint density at radius 1 is 0.828 bits per heavy atom. The molecule has 0 saturated heterocycles. The van der Waals surface area contributed by atoms with E-state index < -0.39 is 0 Å².